The van der Waals surface area contributed by atoms with Gasteiger partial charge in [-0.2, -0.15) is 0 Å². The minimum Gasteiger partial charge on any atom is -0.497 e. The fourth-order valence-electron chi connectivity index (χ4n) is 2.04. The highest BCUT2D eigenvalue weighted by atomic mass is 16.5. The molecule has 21 heavy (non-hydrogen) atoms. The van der Waals surface area contributed by atoms with Crippen molar-refractivity contribution in [2.45, 2.75) is 38.8 Å². The smallest absolute Gasteiger partial charge is 0.309 e. The van der Waals surface area contributed by atoms with Crippen LogP contribution < -0.4 is 10.1 Å². The van der Waals surface area contributed by atoms with Crippen molar-refractivity contribution < 1.29 is 19.1 Å². The number of benzene rings is 1. The number of esters is 1. The van der Waals surface area contributed by atoms with Gasteiger partial charge in [0.15, 0.2) is 6.10 Å². The number of ether oxygens (including phenoxy) is 2. The van der Waals surface area contributed by atoms with E-state index < -0.39 is 6.10 Å². The van der Waals surface area contributed by atoms with Crippen molar-refractivity contribution in [3.63, 3.8) is 0 Å². The maximum Gasteiger partial charge on any atom is 0.309 e. The van der Waals surface area contributed by atoms with Crippen LogP contribution in [0.15, 0.2) is 24.3 Å². The average Bonchev–Trinajstić information content (AvgIpc) is 2.43. The van der Waals surface area contributed by atoms with Crippen LogP contribution in [-0.2, 0) is 20.9 Å². The monoisotopic (exact) mass is 291 g/mol. The fraction of sp³-hybridized carbons (Fsp3) is 0.500. The Labute approximate surface area is 124 Å². The Bertz CT molecular complexity index is 494. The van der Waals surface area contributed by atoms with Gasteiger partial charge in [-0.25, -0.2) is 0 Å². The molecule has 0 unspecified atom stereocenters. The van der Waals surface area contributed by atoms with Crippen LogP contribution in [0.5, 0.6) is 5.75 Å². The van der Waals surface area contributed by atoms with Crippen LogP contribution in [0.2, 0.25) is 0 Å². The molecular weight excluding hydrogens is 270 g/mol. The summed E-state index contributed by atoms with van der Waals surface area (Å²) in [5.74, 6) is 0.224. The number of carbonyl (C=O) groups excluding carboxylic acids is 2. The topological polar surface area (TPSA) is 64.6 Å². The van der Waals surface area contributed by atoms with Crippen molar-refractivity contribution >= 4 is 11.9 Å². The molecule has 114 valence electrons. The SMILES string of the molecule is COc1ccc(CNC(=O)[C@H](C)OC(=O)C2CCC2)cc1. The van der Waals surface area contributed by atoms with Crippen molar-refractivity contribution in [2.75, 3.05) is 7.11 Å². The van der Waals surface area contributed by atoms with Gasteiger partial charge in [-0.3, -0.25) is 9.59 Å². The highest BCUT2D eigenvalue weighted by Gasteiger charge is 2.29. The zero-order valence-electron chi connectivity index (χ0n) is 12.4. The lowest BCUT2D eigenvalue weighted by Crippen LogP contribution is -2.37. The number of hydrogen-bond acceptors (Lipinski definition) is 4. The summed E-state index contributed by atoms with van der Waals surface area (Å²) >= 11 is 0. The summed E-state index contributed by atoms with van der Waals surface area (Å²) in [6, 6.07) is 7.43. The van der Waals surface area contributed by atoms with Gasteiger partial charge in [0, 0.05) is 6.54 Å². The third kappa shape index (κ3) is 4.21. The molecule has 0 heterocycles. The van der Waals surface area contributed by atoms with E-state index in [1.54, 1.807) is 14.0 Å². The lowest BCUT2D eigenvalue weighted by molar-refractivity contribution is -0.161. The molecule has 1 atom stereocenters. The molecule has 5 nitrogen and oxygen atoms in total. The Hall–Kier alpha value is -2.04. The van der Waals surface area contributed by atoms with Crippen LogP contribution in [0, 0.1) is 5.92 Å². The van der Waals surface area contributed by atoms with E-state index in [0.29, 0.717) is 6.54 Å². The third-order valence-corrected chi connectivity index (χ3v) is 3.73. The van der Waals surface area contributed by atoms with Crippen LogP contribution >= 0.6 is 0 Å². The second-order valence-electron chi connectivity index (χ2n) is 5.27. The lowest BCUT2D eigenvalue weighted by atomic mass is 9.86. The van der Waals surface area contributed by atoms with Crippen LogP contribution in [-0.4, -0.2) is 25.1 Å². The van der Waals surface area contributed by atoms with E-state index in [-0.39, 0.29) is 17.8 Å². The second kappa shape index (κ2) is 7.11. The Kier molecular flexibility index (Phi) is 5.20. The molecule has 1 aliphatic rings. The zero-order valence-corrected chi connectivity index (χ0v) is 12.4. The van der Waals surface area contributed by atoms with Gasteiger partial charge in [-0.05, 0) is 37.5 Å². The van der Waals surface area contributed by atoms with E-state index in [0.717, 1.165) is 30.6 Å². The van der Waals surface area contributed by atoms with E-state index in [9.17, 15) is 9.59 Å². The van der Waals surface area contributed by atoms with Crippen LogP contribution in [0.4, 0.5) is 0 Å². The summed E-state index contributed by atoms with van der Waals surface area (Å²) in [5, 5.41) is 2.76. The number of rotatable bonds is 6. The molecule has 1 amide bonds. The molecule has 0 spiro atoms. The Balaban J connectivity index is 1.75. The maximum absolute atomic E-state index is 11.9. The molecule has 0 aliphatic heterocycles. The summed E-state index contributed by atoms with van der Waals surface area (Å²) in [4.78, 5) is 23.6. The van der Waals surface area contributed by atoms with Gasteiger partial charge in [0.05, 0.1) is 13.0 Å². The van der Waals surface area contributed by atoms with E-state index in [1.807, 2.05) is 24.3 Å². The van der Waals surface area contributed by atoms with Crippen molar-refractivity contribution in [1.29, 1.82) is 0 Å². The minimum atomic E-state index is -0.753. The predicted octanol–water partition coefficient (Wildman–Crippen LogP) is 2.04. The van der Waals surface area contributed by atoms with Crippen molar-refractivity contribution in [1.82, 2.24) is 5.32 Å². The highest BCUT2D eigenvalue weighted by Crippen LogP contribution is 2.27. The molecule has 0 saturated heterocycles. The quantitative estimate of drug-likeness (QED) is 0.815. The maximum atomic E-state index is 11.9. The van der Waals surface area contributed by atoms with Gasteiger partial charge in [-0.1, -0.05) is 18.6 Å². The molecule has 1 N–H and O–H groups in total. The summed E-state index contributed by atoms with van der Waals surface area (Å²) in [6.45, 7) is 1.99. The number of methoxy groups -OCH3 is 1. The predicted molar refractivity (Wildman–Crippen MR) is 77.7 cm³/mol. The van der Waals surface area contributed by atoms with Gasteiger partial charge in [0.2, 0.25) is 0 Å². The number of nitrogens with one attached hydrogen (secondary N) is 1. The summed E-state index contributed by atoms with van der Waals surface area (Å²) in [7, 11) is 1.61. The number of carbonyl (C=O) groups is 2. The summed E-state index contributed by atoms with van der Waals surface area (Å²) in [6.07, 6.45) is 2.06. The van der Waals surface area contributed by atoms with Crippen LogP contribution in [0.3, 0.4) is 0 Å². The molecule has 1 aromatic rings. The molecule has 1 fully saturated rings. The Morgan fingerprint density at radius 3 is 2.48 bits per heavy atom. The van der Waals surface area contributed by atoms with E-state index in [1.165, 1.54) is 0 Å². The molecule has 2 rings (SSSR count). The van der Waals surface area contributed by atoms with E-state index >= 15 is 0 Å². The Morgan fingerprint density at radius 2 is 1.95 bits per heavy atom. The van der Waals surface area contributed by atoms with Gasteiger partial charge in [-0.15, -0.1) is 0 Å². The first kappa shape index (κ1) is 15.4. The summed E-state index contributed by atoms with van der Waals surface area (Å²) < 4.78 is 10.2. The van der Waals surface area contributed by atoms with Crippen LogP contribution in [0.25, 0.3) is 0 Å². The highest BCUT2D eigenvalue weighted by molar-refractivity contribution is 5.84. The van der Waals surface area contributed by atoms with Crippen molar-refractivity contribution in [3.05, 3.63) is 29.8 Å². The first-order valence-electron chi connectivity index (χ1n) is 7.21. The van der Waals surface area contributed by atoms with Crippen molar-refractivity contribution in [2.24, 2.45) is 5.92 Å². The second-order valence-corrected chi connectivity index (χ2v) is 5.27. The Morgan fingerprint density at radius 1 is 1.29 bits per heavy atom. The van der Waals surface area contributed by atoms with Crippen LogP contribution in [0.1, 0.15) is 31.7 Å². The first-order valence-corrected chi connectivity index (χ1v) is 7.21. The molecule has 5 heteroatoms. The third-order valence-electron chi connectivity index (χ3n) is 3.73. The molecule has 0 bridgehead atoms. The average molecular weight is 291 g/mol. The fourth-order valence-corrected chi connectivity index (χ4v) is 2.04. The molecular formula is C16H21NO4. The molecule has 0 radical (unpaired) electrons. The molecule has 1 aromatic carbocycles. The standard InChI is InChI=1S/C16H21NO4/c1-11(21-16(19)13-4-3-5-13)15(18)17-10-12-6-8-14(20-2)9-7-12/h6-9,11,13H,3-5,10H2,1-2H3,(H,17,18)/t11-/m0/s1. The van der Waals surface area contributed by atoms with Gasteiger partial charge in [0.1, 0.15) is 5.75 Å². The van der Waals surface area contributed by atoms with E-state index in [4.69, 9.17) is 9.47 Å². The van der Waals surface area contributed by atoms with Gasteiger partial charge >= 0.3 is 5.97 Å². The van der Waals surface area contributed by atoms with Gasteiger partial charge in [0.25, 0.3) is 5.91 Å². The zero-order chi connectivity index (χ0) is 15.2. The number of amides is 1. The largest absolute Gasteiger partial charge is 0.497 e. The summed E-state index contributed by atoms with van der Waals surface area (Å²) in [5.41, 5.74) is 0.960. The molecule has 0 aromatic heterocycles. The molecule has 1 aliphatic carbocycles. The van der Waals surface area contributed by atoms with Crippen molar-refractivity contribution in [3.8, 4) is 5.75 Å². The van der Waals surface area contributed by atoms with Gasteiger partial charge < -0.3 is 14.8 Å². The first-order chi connectivity index (χ1) is 10.1. The molecule has 1 saturated carbocycles. The number of hydrogen-bond donors (Lipinski definition) is 1. The lowest BCUT2D eigenvalue weighted by Gasteiger charge is -2.24. The van der Waals surface area contributed by atoms with E-state index in [2.05, 4.69) is 5.32 Å². The normalized spacial score (nSPS) is 15.7. The minimum absolute atomic E-state index is 0.0122.